The van der Waals surface area contributed by atoms with Gasteiger partial charge in [-0.3, -0.25) is 0 Å². The molecule has 7 nitrogen and oxygen atoms in total. The second kappa shape index (κ2) is 57.9. The average Bonchev–Trinajstić information content (AvgIpc) is 0.777. The molecule has 4 aliphatic rings. The van der Waals surface area contributed by atoms with Gasteiger partial charge >= 0.3 is 0 Å². The summed E-state index contributed by atoms with van der Waals surface area (Å²) in [5.74, 6) is 7.52. The van der Waals surface area contributed by atoms with E-state index in [0.29, 0.717) is 65.4 Å². The molecule has 0 radical (unpaired) electrons. The fraction of sp³-hybridized carbons (Fsp3) is 0.586. The summed E-state index contributed by atoms with van der Waals surface area (Å²) in [6.07, 6.45) is 32.9. The van der Waals surface area contributed by atoms with Gasteiger partial charge in [0.15, 0.2) is 0 Å². The largest absolute Gasteiger partial charge is 0.493 e. The normalized spacial score (nSPS) is 13.5. The van der Waals surface area contributed by atoms with Crippen LogP contribution in [0.4, 0.5) is 34.1 Å². The molecule has 4 heterocycles. The SMILES string of the molecule is CC(C)CN(c1ccccc1)c1ccc(C(C)C)cc1.CC(C)COc1ccc(C(C)C)cc1.CC(C)c1cc2c3c(c1)CCCN3CCC2.CCCC(CC)Oc1ccc(C(C)C)cc1.CCCCCC(CCCCC)Nc1ccc(C(C)C)cc1.CCCCCN1CCCc2cc(C(C)C)ccc21.CCCCCN1CCCc2cc(C(C)C)ccc21. The summed E-state index contributed by atoms with van der Waals surface area (Å²) in [5, 5.41) is 3.76. The van der Waals surface area contributed by atoms with Crippen molar-refractivity contribution in [3.8, 4) is 11.5 Å². The molecule has 8 aromatic rings. The van der Waals surface area contributed by atoms with Crippen molar-refractivity contribution in [2.75, 3.05) is 77.3 Å². The van der Waals surface area contributed by atoms with Gasteiger partial charge in [-0.25, -0.2) is 0 Å². The zero-order chi connectivity index (χ0) is 89.6. The molecule has 0 spiro atoms. The van der Waals surface area contributed by atoms with Crippen molar-refractivity contribution in [1.82, 2.24) is 0 Å². The van der Waals surface area contributed by atoms with Gasteiger partial charge in [0.1, 0.15) is 11.5 Å². The molecular weight excluding hydrogens is 1500 g/mol. The Bertz CT molecular complexity index is 3940. The van der Waals surface area contributed by atoms with E-state index < -0.39 is 0 Å². The highest BCUT2D eigenvalue weighted by molar-refractivity contribution is 5.66. The Labute approximate surface area is 756 Å². The van der Waals surface area contributed by atoms with Gasteiger partial charge in [-0.05, 0) is 277 Å². The molecule has 0 bridgehead atoms. The number of nitrogens with zero attached hydrogens (tertiary/aromatic N) is 4. The van der Waals surface area contributed by atoms with Gasteiger partial charge in [0.05, 0.1) is 12.7 Å². The van der Waals surface area contributed by atoms with E-state index in [9.17, 15) is 0 Å². The second-order valence-corrected chi connectivity index (χ2v) is 39.0. The number of hydrogen-bond acceptors (Lipinski definition) is 7. The van der Waals surface area contributed by atoms with Crippen LogP contribution >= 0.6 is 0 Å². The number of fused-ring (bicyclic) bond motifs is 2. The summed E-state index contributed by atoms with van der Waals surface area (Å²) in [6, 6.07) is 65.3. The Morgan fingerprint density at radius 3 is 1.11 bits per heavy atom. The minimum Gasteiger partial charge on any atom is -0.493 e. The third-order valence-corrected chi connectivity index (χ3v) is 24.8. The minimum absolute atomic E-state index is 0.370. The van der Waals surface area contributed by atoms with Crippen molar-refractivity contribution in [3.63, 3.8) is 0 Å². The highest BCUT2D eigenvalue weighted by Crippen LogP contribution is 2.39. The topological polar surface area (TPSA) is 43.5 Å². The van der Waals surface area contributed by atoms with Gasteiger partial charge in [-0.1, -0.05) is 340 Å². The molecular formula is C116H179N5O2. The van der Waals surface area contributed by atoms with Crippen molar-refractivity contribution in [3.05, 3.63) is 237 Å². The molecule has 0 aliphatic carbocycles. The van der Waals surface area contributed by atoms with Crippen LogP contribution in [-0.2, 0) is 25.7 Å². The van der Waals surface area contributed by atoms with Gasteiger partial charge in [0, 0.05) is 86.0 Å². The monoisotopic (exact) mass is 1670 g/mol. The van der Waals surface area contributed by atoms with E-state index in [2.05, 4.69) is 367 Å². The first-order valence-electron chi connectivity index (χ1n) is 50.1. The number of benzene rings is 8. The zero-order valence-electron chi connectivity index (χ0n) is 83.0. The number of unbranched alkanes of at least 4 members (excludes halogenated alkanes) is 8. The van der Waals surface area contributed by atoms with E-state index in [0.717, 1.165) is 37.5 Å². The van der Waals surface area contributed by atoms with Crippen molar-refractivity contribution in [2.45, 2.75) is 380 Å². The number of ether oxygens (including phenoxy) is 2. The van der Waals surface area contributed by atoms with Crippen LogP contribution in [0.5, 0.6) is 11.5 Å². The fourth-order valence-corrected chi connectivity index (χ4v) is 17.0. The van der Waals surface area contributed by atoms with E-state index in [1.54, 1.807) is 27.9 Å². The first-order chi connectivity index (χ1) is 59.2. The molecule has 0 saturated heterocycles. The third kappa shape index (κ3) is 37.4. The lowest BCUT2D eigenvalue weighted by Gasteiger charge is -2.37. The molecule has 12 rings (SSSR count). The zero-order valence-corrected chi connectivity index (χ0v) is 83.0. The standard InChI is InChI=1S/C20H35N.C19H25N.2C17H27N.C15H21N.C15H24O.C13H20O/c1-5-7-9-11-19(12-10-8-6-2)21-20-15-13-18(14-16-20)17(3)4;1-15(2)14-20(18-8-6-5-7-9-18)19-12-10-17(11-13-19)16(3)4;2*1-4-5-6-11-18-12-7-8-16-13-15(14(2)3)9-10-17(16)18;1-11(2)14-9-12-5-3-7-16-8-4-6-13(10-14)15(12)16;1-5-7-14(6-2)16-15-10-8-13(9-11-15)12(3)4;1-10(2)9-14-13-7-5-12(6-8-13)11(3)4/h13-17,19,21H,5-12H2,1-4H3;5-13,15-16H,14H2,1-4H3;2*9-10,13-14H,4-8,11-12H2,1-3H3;9-11H,3-8H2,1-2H3;8-12,14H,5-7H2,1-4H3;5-8,10-11H,9H2,1-4H3. The molecule has 4 aliphatic heterocycles. The summed E-state index contributed by atoms with van der Waals surface area (Å²) in [7, 11) is 0. The van der Waals surface area contributed by atoms with Crippen LogP contribution in [0, 0.1) is 11.8 Å². The highest BCUT2D eigenvalue weighted by Gasteiger charge is 2.26. The molecule has 0 fully saturated rings. The molecule has 1 N–H and O–H groups in total. The van der Waals surface area contributed by atoms with Crippen LogP contribution in [0.1, 0.15) is 404 Å². The molecule has 0 aromatic heterocycles. The molecule has 123 heavy (non-hydrogen) atoms. The summed E-state index contributed by atoms with van der Waals surface area (Å²) < 4.78 is 11.5. The third-order valence-electron chi connectivity index (χ3n) is 24.8. The molecule has 680 valence electrons. The maximum Gasteiger partial charge on any atom is 0.119 e. The van der Waals surface area contributed by atoms with E-state index in [4.69, 9.17) is 9.47 Å². The number of rotatable bonds is 37. The van der Waals surface area contributed by atoms with Crippen molar-refractivity contribution in [2.24, 2.45) is 11.8 Å². The number of hydrogen-bond donors (Lipinski definition) is 1. The lowest BCUT2D eigenvalue weighted by atomic mass is 9.87. The predicted molar refractivity (Wildman–Crippen MR) is 547 cm³/mol. The Morgan fingerprint density at radius 2 is 0.715 bits per heavy atom. The Morgan fingerprint density at radius 1 is 0.341 bits per heavy atom. The number of nitrogens with one attached hydrogen (secondary N) is 1. The van der Waals surface area contributed by atoms with Gasteiger partial charge < -0.3 is 34.4 Å². The lowest BCUT2D eigenvalue weighted by Crippen LogP contribution is -2.34. The summed E-state index contributed by atoms with van der Waals surface area (Å²) >= 11 is 0. The molecule has 1 atom stereocenters. The number of para-hydroxylation sites is 1. The van der Waals surface area contributed by atoms with Crippen molar-refractivity contribution < 1.29 is 9.47 Å². The Hall–Kier alpha value is -7.64. The maximum absolute atomic E-state index is 5.94. The molecule has 0 amide bonds. The van der Waals surface area contributed by atoms with Gasteiger partial charge in [0.2, 0.25) is 0 Å². The van der Waals surface area contributed by atoms with Crippen LogP contribution in [0.25, 0.3) is 0 Å². The van der Waals surface area contributed by atoms with Crippen molar-refractivity contribution in [1.29, 1.82) is 0 Å². The Balaban J connectivity index is 0.000000223. The predicted octanol–water partition coefficient (Wildman–Crippen LogP) is 34.0. The second-order valence-electron chi connectivity index (χ2n) is 39.0. The van der Waals surface area contributed by atoms with Crippen LogP contribution in [0.2, 0.25) is 0 Å². The lowest BCUT2D eigenvalue weighted by molar-refractivity contribution is 0.185. The fourth-order valence-electron chi connectivity index (χ4n) is 17.0. The van der Waals surface area contributed by atoms with Crippen molar-refractivity contribution >= 4 is 34.1 Å². The maximum atomic E-state index is 5.94. The average molecular weight is 1680 g/mol. The van der Waals surface area contributed by atoms with E-state index in [1.165, 1.54) is 254 Å². The summed E-state index contributed by atoms with van der Waals surface area (Å²) in [5.41, 5.74) is 24.9. The van der Waals surface area contributed by atoms with Crippen LogP contribution in [0.15, 0.2) is 176 Å². The van der Waals surface area contributed by atoms with E-state index >= 15 is 0 Å². The smallest absolute Gasteiger partial charge is 0.119 e. The summed E-state index contributed by atoms with van der Waals surface area (Å²) in [4.78, 5) is 10.2. The van der Waals surface area contributed by atoms with Crippen LogP contribution < -0.4 is 34.4 Å². The molecule has 8 aromatic carbocycles. The highest BCUT2D eigenvalue weighted by atomic mass is 16.5. The van der Waals surface area contributed by atoms with E-state index in [1.807, 2.05) is 0 Å². The Kier molecular flexibility index (Phi) is 49.0. The van der Waals surface area contributed by atoms with Gasteiger partial charge in [-0.2, -0.15) is 0 Å². The van der Waals surface area contributed by atoms with Crippen LogP contribution in [-0.4, -0.2) is 64.6 Å². The number of aryl methyl sites for hydroxylation is 4. The number of anilines is 6. The van der Waals surface area contributed by atoms with Gasteiger partial charge in [0.25, 0.3) is 0 Å². The molecule has 0 saturated carbocycles. The van der Waals surface area contributed by atoms with Crippen LogP contribution in [0.3, 0.4) is 0 Å². The quantitative estimate of drug-likeness (QED) is 0.0389. The summed E-state index contributed by atoms with van der Waals surface area (Å²) in [6.45, 7) is 63.2. The first-order valence-corrected chi connectivity index (χ1v) is 50.1. The molecule has 7 heteroatoms. The first kappa shape index (κ1) is 104. The van der Waals surface area contributed by atoms with Gasteiger partial charge in [-0.15, -0.1) is 0 Å². The minimum atomic E-state index is 0.370. The van der Waals surface area contributed by atoms with E-state index in [-0.39, 0.29) is 0 Å². The molecule has 1 unspecified atom stereocenters.